The van der Waals surface area contributed by atoms with Gasteiger partial charge in [0.25, 0.3) is 0 Å². The maximum Gasteiger partial charge on any atom is 4.00 e. The molecule has 0 heterocycles. The Labute approximate surface area is 212 Å². The molecule has 0 aromatic carbocycles. The van der Waals surface area contributed by atoms with Gasteiger partial charge in [-0.05, 0) is 24.7 Å². The van der Waals surface area contributed by atoms with E-state index in [2.05, 4.69) is 49.3 Å². The molecule has 2 atom stereocenters. The molecule has 2 fully saturated rings. The van der Waals surface area contributed by atoms with Crippen LogP contribution in [0, 0.1) is 24.7 Å². The van der Waals surface area contributed by atoms with Gasteiger partial charge in [0.1, 0.15) is 0 Å². The van der Waals surface area contributed by atoms with Crippen LogP contribution in [0.3, 0.4) is 0 Å². The number of rotatable bonds is 0. The molecule has 0 aliphatic heterocycles. The third kappa shape index (κ3) is 10.8. The van der Waals surface area contributed by atoms with Crippen molar-refractivity contribution in [2.45, 2.75) is 89.9 Å². The number of allylic oxidation sites excluding steroid dienone is 8. The Kier molecular flexibility index (Phi) is 17.9. The standard InChI is InChI=1S/2C13H19.2ClH.Zr/c2*1-2-4-6-9-13-11-7-10-12(13)8-5-3-1;;;/h2*7-8,10-11,13H,1-6,9H2;2*1H;/q2*-1;;;+4/p-2. The summed E-state index contributed by atoms with van der Waals surface area (Å²) >= 11 is 0. The van der Waals surface area contributed by atoms with Crippen molar-refractivity contribution in [1.29, 1.82) is 0 Å². The van der Waals surface area contributed by atoms with Crippen molar-refractivity contribution in [2.24, 2.45) is 11.8 Å². The molecular formula is C26H38Cl2Zr. The number of halogens is 2. The van der Waals surface area contributed by atoms with E-state index in [1.807, 2.05) is 0 Å². The van der Waals surface area contributed by atoms with Crippen LogP contribution in [0.1, 0.15) is 89.9 Å². The first kappa shape index (κ1) is 29.2. The third-order valence-corrected chi connectivity index (χ3v) is 6.32. The normalized spacial score (nSPS) is 25.9. The molecule has 0 radical (unpaired) electrons. The molecule has 2 unspecified atom stereocenters. The van der Waals surface area contributed by atoms with Crippen molar-refractivity contribution in [3.8, 4) is 0 Å². The minimum atomic E-state index is 0. The Bertz CT molecular complexity index is 485. The molecule has 4 aliphatic carbocycles. The molecule has 0 saturated heterocycles. The van der Waals surface area contributed by atoms with Crippen LogP contribution in [0.15, 0.2) is 47.6 Å². The fraction of sp³-hybridized carbons (Fsp3) is 0.615. The van der Waals surface area contributed by atoms with E-state index in [0.29, 0.717) is 0 Å². The summed E-state index contributed by atoms with van der Waals surface area (Å²) in [7, 11) is 0. The summed E-state index contributed by atoms with van der Waals surface area (Å²) in [6.07, 6.45) is 38.3. The molecule has 0 nitrogen and oxygen atoms in total. The number of hydrogen-bond acceptors (Lipinski definition) is 0. The largest absolute Gasteiger partial charge is 4.00 e. The Hall–Kier alpha value is 0.163. The van der Waals surface area contributed by atoms with E-state index in [1.54, 1.807) is 11.1 Å². The van der Waals surface area contributed by atoms with Gasteiger partial charge in [-0.3, -0.25) is 0 Å². The number of hydrogen-bond donors (Lipinski definition) is 0. The molecule has 0 amide bonds. The molecule has 0 aromatic heterocycles. The molecule has 0 bridgehead atoms. The Morgan fingerprint density at radius 2 is 0.931 bits per heavy atom. The smallest absolute Gasteiger partial charge is 1.00 e. The van der Waals surface area contributed by atoms with Gasteiger partial charge in [0, 0.05) is 0 Å². The van der Waals surface area contributed by atoms with Crippen molar-refractivity contribution >= 4 is 0 Å². The van der Waals surface area contributed by atoms with Crippen LogP contribution in [0.5, 0.6) is 0 Å². The zero-order chi connectivity index (χ0) is 17.9. The first-order valence-electron chi connectivity index (χ1n) is 11.4. The van der Waals surface area contributed by atoms with Gasteiger partial charge in [-0.15, -0.1) is 25.0 Å². The van der Waals surface area contributed by atoms with Crippen molar-refractivity contribution in [3.05, 3.63) is 60.4 Å². The van der Waals surface area contributed by atoms with Crippen molar-refractivity contribution in [1.82, 2.24) is 0 Å². The van der Waals surface area contributed by atoms with Gasteiger partial charge in [-0.1, -0.05) is 76.4 Å². The summed E-state index contributed by atoms with van der Waals surface area (Å²) in [6, 6.07) is 0. The summed E-state index contributed by atoms with van der Waals surface area (Å²) in [5.41, 5.74) is 3.17. The van der Waals surface area contributed by atoms with Crippen molar-refractivity contribution in [3.63, 3.8) is 0 Å². The summed E-state index contributed by atoms with van der Waals surface area (Å²) in [5, 5.41) is 0. The van der Waals surface area contributed by atoms with Crippen LogP contribution < -0.4 is 24.8 Å². The van der Waals surface area contributed by atoms with Gasteiger partial charge in [0.2, 0.25) is 0 Å². The second kappa shape index (κ2) is 17.8. The van der Waals surface area contributed by atoms with E-state index in [-0.39, 0.29) is 51.0 Å². The average molecular weight is 513 g/mol. The third-order valence-electron chi connectivity index (χ3n) is 6.32. The molecule has 4 aliphatic rings. The van der Waals surface area contributed by atoms with E-state index >= 15 is 0 Å². The van der Waals surface area contributed by atoms with Gasteiger partial charge in [0.05, 0.1) is 0 Å². The Morgan fingerprint density at radius 1 is 0.552 bits per heavy atom. The molecular weight excluding hydrogens is 474 g/mol. The topological polar surface area (TPSA) is 0 Å². The molecule has 4 rings (SSSR count). The van der Waals surface area contributed by atoms with Gasteiger partial charge in [-0.25, -0.2) is 36.1 Å². The molecule has 3 heteroatoms. The summed E-state index contributed by atoms with van der Waals surface area (Å²) in [6.45, 7) is 0. The second-order valence-corrected chi connectivity index (χ2v) is 8.41. The van der Waals surface area contributed by atoms with Crippen LogP contribution in [0.2, 0.25) is 0 Å². The fourth-order valence-electron chi connectivity index (χ4n) is 4.65. The molecule has 29 heavy (non-hydrogen) atoms. The predicted molar refractivity (Wildman–Crippen MR) is 115 cm³/mol. The monoisotopic (exact) mass is 510 g/mol. The summed E-state index contributed by atoms with van der Waals surface area (Å²) in [4.78, 5) is 0. The quantitative estimate of drug-likeness (QED) is 0.436. The zero-order valence-corrected chi connectivity index (χ0v) is 21.9. The van der Waals surface area contributed by atoms with E-state index in [4.69, 9.17) is 0 Å². The van der Waals surface area contributed by atoms with Crippen LogP contribution in [-0.4, -0.2) is 0 Å². The Morgan fingerprint density at radius 3 is 1.38 bits per heavy atom. The van der Waals surface area contributed by atoms with Crippen LogP contribution in [0.25, 0.3) is 0 Å². The number of fused-ring (bicyclic) bond motifs is 2. The minimum absolute atomic E-state index is 0. The second-order valence-electron chi connectivity index (χ2n) is 8.41. The predicted octanol–water partition coefficient (Wildman–Crippen LogP) is 2.10. The van der Waals surface area contributed by atoms with Gasteiger partial charge in [-0.2, -0.15) is 0 Å². The van der Waals surface area contributed by atoms with Gasteiger partial charge in [0.15, 0.2) is 0 Å². The van der Waals surface area contributed by atoms with E-state index in [9.17, 15) is 0 Å². The molecule has 2 saturated carbocycles. The van der Waals surface area contributed by atoms with Gasteiger partial charge < -0.3 is 24.8 Å². The van der Waals surface area contributed by atoms with Crippen molar-refractivity contribution in [2.75, 3.05) is 0 Å². The van der Waals surface area contributed by atoms with E-state index < -0.39 is 0 Å². The van der Waals surface area contributed by atoms with Crippen LogP contribution in [0.4, 0.5) is 0 Å². The van der Waals surface area contributed by atoms with Gasteiger partial charge >= 0.3 is 26.2 Å². The van der Waals surface area contributed by atoms with Crippen LogP contribution >= 0.6 is 0 Å². The maximum atomic E-state index is 2.45. The molecule has 0 aromatic rings. The van der Waals surface area contributed by atoms with Crippen LogP contribution in [-0.2, 0) is 26.2 Å². The molecule has 160 valence electrons. The fourth-order valence-corrected chi connectivity index (χ4v) is 4.65. The zero-order valence-electron chi connectivity index (χ0n) is 17.9. The average Bonchev–Trinajstić information content (AvgIpc) is 3.31. The maximum absolute atomic E-state index is 2.45. The summed E-state index contributed by atoms with van der Waals surface area (Å²) in [5.74, 6) is 1.52. The summed E-state index contributed by atoms with van der Waals surface area (Å²) < 4.78 is 0. The first-order chi connectivity index (χ1) is 12.9. The Balaban J connectivity index is 0.000000490. The van der Waals surface area contributed by atoms with E-state index in [1.165, 1.54) is 89.9 Å². The molecule has 0 N–H and O–H groups in total. The van der Waals surface area contributed by atoms with E-state index in [0.717, 1.165) is 11.8 Å². The first-order valence-corrected chi connectivity index (χ1v) is 11.4. The SMILES string of the molecule is C1=CC2CCCCCCC[CH-]C2=C1.C1=CC2CCCCCCC[CH-]C2=C1.[Cl-].[Cl-].[Zr+4]. The molecule has 0 spiro atoms. The van der Waals surface area contributed by atoms with Crippen molar-refractivity contribution < 1.29 is 51.0 Å². The minimum Gasteiger partial charge on any atom is -1.00 e.